The summed E-state index contributed by atoms with van der Waals surface area (Å²) in [5.41, 5.74) is 4.96. The molecule has 0 radical (unpaired) electrons. The highest BCUT2D eigenvalue weighted by Gasteiger charge is 2.25. The zero-order valence-corrected chi connectivity index (χ0v) is 19.1. The highest BCUT2D eigenvalue weighted by atomic mass is 35.5. The van der Waals surface area contributed by atoms with Crippen LogP contribution in [-0.4, -0.2) is 10.9 Å². The van der Waals surface area contributed by atoms with Crippen molar-refractivity contribution in [1.29, 1.82) is 0 Å². The van der Waals surface area contributed by atoms with Crippen LogP contribution in [0.15, 0.2) is 85.1 Å². The molecule has 164 valence electrons. The SMILES string of the molecule is O=C(Nc1ccccn1)c1cccc(-c2ccc3c(c2)C(Oc2ccc(Cl)cc2Cl)CC3)c1. The van der Waals surface area contributed by atoms with Crippen molar-refractivity contribution in [3.63, 3.8) is 0 Å². The van der Waals surface area contributed by atoms with Gasteiger partial charge in [0.1, 0.15) is 17.7 Å². The number of aromatic nitrogens is 1. The Morgan fingerprint density at radius 2 is 1.82 bits per heavy atom. The fraction of sp³-hybridized carbons (Fsp3) is 0.111. The van der Waals surface area contributed by atoms with E-state index in [-0.39, 0.29) is 12.0 Å². The van der Waals surface area contributed by atoms with Crippen LogP contribution in [0, 0.1) is 0 Å². The van der Waals surface area contributed by atoms with E-state index in [9.17, 15) is 4.79 Å². The van der Waals surface area contributed by atoms with Gasteiger partial charge in [-0.1, -0.05) is 53.5 Å². The van der Waals surface area contributed by atoms with Crippen LogP contribution < -0.4 is 10.1 Å². The molecule has 1 N–H and O–H groups in total. The second-order valence-electron chi connectivity index (χ2n) is 7.88. The fourth-order valence-corrected chi connectivity index (χ4v) is 4.51. The van der Waals surface area contributed by atoms with E-state index in [0.717, 1.165) is 29.5 Å². The molecule has 1 heterocycles. The number of carbonyl (C=O) groups is 1. The van der Waals surface area contributed by atoms with Crippen molar-refractivity contribution in [1.82, 2.24) is 4.98 Å². The van der Waals surface area contributed by atoms with Gasteiger partial charge in [-0.15, -0.1) is 0 Å². The van der Waals surface area contributed by atoms with E-state index in [1.165, 1.54) is 5.56 Å². The van der Waals surface area contributed by atoms with Crippen LogP contribution in [0.5, 0.6) is 5.75 Å². The Balaban J connectivity index is 1.39. The number of pyridine rings is 1. The van der Waals surface area contributed by atoms with Gasteiger partial charge in [0.05, 0.1) is 5.02 Å². The lowest BCUT2D eigenvalue weighted by Gasteiger charge is -2.17. The number of nitrogens with one attached hydrogen (secondary N) is 1. The predicted octanol–water partition coefficient (Wildman–Crippen LogP) is 7.37. The summed E-state index contributed by atoms with van der Waals surface area (Å²) in [6, 6.07) is 24.6. The molecule has 0 aliphatic heterocycles. The van der Waals surface area contributed by atoms with E-state index < -0.39 is 0 Å². The zero-order valence-electron chi connectivity index (χ0n) is 17.6. The van der Waals surface area contributed by atoms with Gasteiger partial charge >= 0.3 is 0 Å². The highest BCUT2D eigenvalue weighted by Crippen LogP contribution is 2.39. The molecule has 6 heteroatoms. The largest absolute Gasteiger partial charge is 0.484 e. The minimum Gasteiger partial charge on any atom is -0.484 e. The summed E-state index contributed by atoms with van der Waals surface area (Å²) in [7, 11) is 0. The maximum atomic E-state index is 12.7. The van der Waals surface area contributed by atoms with Crippen LogP contribution in [0.3, 0.4) is 0 Å². The van der Waals surface area contributed by atoms with E-state index in [1.807, 2.05) is 30.3 Å². The first-order chi connectivity index (χ1) is 16.1. The molecule has 0 bridgehead atoms. The molecule has 4 nitrogen and oxygen atoms in total. The third-order valence-electron chi connectivity index (χ3n) is 5.70. The van der Waals surface area contributed by atoms with Crippen LogP contribution in [-0.2, 0) is 6.42 Å². The van der Waals surface area contributed by atoms with Crippen LogP contribution in [0.25, 0.3) is 11.1 Å². The average molecular weight is 475 g/mol. The van der Waals surface area contributed by atoms with Gasteiger partial charge in [0, 0.05) is 16.8 Å². The van der Waals surface area contributed by atoms with E-state index >= 15 is 0 Å². The maximum absolute atomic E-state index is 12.7. The van der Waals surface area contributed by atoms with Crippen LogP contribution in [0.2, 0.25) is 10.0 Å². The van der Waals surface area contributed by atoms with Crippen LogP contribution >= 0.6 is 23.2 Å². The van der Waals surface area contributed by atoms with Crippen molar-refractivity contribution in [3.05, 3.63) is 112 Å². The predicted molar refractivity (Wildman–Crippen MR) is 132 cm³/mol. The Kier molecular flexibility index (Phi) is 6.03. The molecule has 1 atom stereocenters. The second-order valence-corrected chi connectivity index (χ2v) is 8.73. The Morgan fingerprint density at radius 1 is 0.939 bits per heavy atom. The smallest absolute Gasteiger partial charge is 0.256 e. The summed E-state index contributed by atoms with van der Waals surface area (Å²) in [6.45, 7) is 0. The number of hydrogen-bond acceptors (Lipinski definition) is 3. The van der Waals surface area contributed by atoms with Crippen molar-refractivity contribution in [3.8, 4) is 16.9 Å². The van der Waals surface area contributed by atoms with Gasteiger partial charge in [-0.2, -0.15) is 0 Å². The number of anilines is 1. The van der Waals surface area contributed by atoms with Gasteiger partial charge in [0.25, 0.3) is 5.91 Å². The molecule has 0 fully saturated rings. The topological polar surface area (TPSA) is 51.2 Å². The first kappa shape index (κ1) is 21.5. The molecular weight excluding hydrogens is 455 g/mol. The molecule has 5 rings (SSSR count). The lowest BCUT2D eigenvalue weighted by atomic mass is 9.98. The number of carbonyl (C=O) groups excluding carboxylic acids is 1. The lowest BCUT2D eigenvalue weighted by Crippen LogP contribution is -2.12. The Morgan fingerprint density at radius 3 is 2.64 bits per heavy atom. The second kappa shape index (κ2) is 9.26. The van der Waals surface area contributed by atoms with Gasteiger partial charge in [-0.05, 0) is 83.6 Å². The molecule has 1 aliphatic carbocycles. The number of ether oxygens (including phenoxy) is 1. The summed E-state index contributed by atoms with van der Waals surface area (Å²) in [6.07, 6.45) is 3.38. The Bertz CT molecular complexity index is 1330. The Labute approximate surface area is 202 Å². The summed E-state index contributed by atoms with van der Waals surface area (Å²) in [4.78, 5) is 16.9. The lowest BCUT2D eigenvalue weighted by molar-refractivity contribution is 0.102. The standard InChI is InChI=1S/C27H20Cl2N2O2/c28-21-10-12-25(23(29)16-21)33-24-11-9-17-7-8-19(15-22(17)24)18-4-3-5-20(14-18)27(32)31-26-6-1-2-13-30-26/h1-8,10,12-16,24H,9,11H2,(H,30,31,32). The molecule has 3 aromatic carbocycles. The van der Waals surface area contributed by atoms with E-state index in [2.05, 4.69) is 28.5 Å². The number of aryl methyl sites for hydroxylation is 1. The molecule has 0 spiro atoms. The molecule has 33 heavy (non-hydrogen) atoms. The number of halogens is 2. The molecule has 4 aromatic rings. The normalized spacial score (nSPS) is 14.5. The van der Waals surface area contributed by atoms with Crippen molar-refractivity contribution in [2.45, 2.75) is 18.9 Å². The van der Waals surface area contributed by atoms with Gasteiger partial charge in [-0.3, -0.25) is 4.79 Å². The maximum Gasteiger partial charge on any atom is 0.256 e. The highest BCUT2D eigenvalue weighted by molar-refractivity contribution is 6.35. The van der Waals surface area contributed by atoms with Gasteiger partial charge in [-0.25, -0.2) is 4.98 Å². The minimum atomic E-state index is -0.199. The van der Waals surface area contributed by atoms with Crippen LogP contribution in [0.1, 0.15) is 34.0 Å². The average Bonchev–Trinajstić information content (AvgIpc) is 3.23. The number of amides is 1. The van der Waals surface area contributed by atoms with Crippen molar-refractivity contribution >= 4 is 34.9 Å². The third kappa shape index (κ3) is 4.72. The molecule has 1 amide bonds. The Hall–Kier alpha value is -3.34. The quantitative estimate of drug-likeness (QED) is 0.328. The van der Waals surface area contributed by atoms with Crippen molar-refractivity contribution in [2.75, 3.05) is 5.32 Å². The third-order valence-corrected chi connectivity index (χ3v) is 6.23. The van der Waals surface area contributed by atoms with Crippen LogP contribution in [0.4, 0.5) is 5.82 Å². The molecule has 0 saturated carbocycles. The number of fused-ring (bicyclic) bond motifs is 1. The summed E-state index contributed by atoms with van der Waals surface area (Å²) >= 11 is 12.3. The molecule has 1 aliphatic rings. The number of benzene rings is 3. The summed E-state index contributed by atoms with van der Waals surface area (Å²) < 4.78 is 6.25. The fourth-order valence-electron chi connectivity index (χ4n) is 4.06. The molecule has 1 unspecified atom stereocenters. The zero-order chi connectivity index (χ0) is 22.8. The number of rotatable bonds is 5. The molecular formula is C27H20Cl2N2O2. The van der Waals surface area contributed by atoms with Crippen molar-refractivity contribution < 1.29 is 9.53 Å². The summed E-state index contributed by atoms with van der Waals surface area (Å²) in [5, 5.41) is 3.91. The van der Waals surface area contributed by atoms with Gasteiger partial charge in [0.15, 0.2) is 0 Å². The minimum absolute atomic E-state index is 0.0886. The van der Waals surface area contributed by atoms with Gasteiger partial charge < -0.3 is 10.1 Å². The summed E-state index contributed by atoms with van der Waals surface area (Å²) in [5.74, 6) is 0.944. The van der Waals surface area contributed by atoms with E-state index in [0.29, 0.717) is 27.2 Å². The van der Waals surface area contributed by atoms with E-state index in [1.54, 1.807) is 36.5 Å². The number of hydrogen-bond donors (Lipinski definition) is 1. The van der Waals surface area contributed by atoms with Gasteiger partial charge in [0.2, 0.25) is 0 Å². The number of nitrogens with zero attached hydrogens (tertiary/aromatic N) is 1. The first-order valence-electron chi connectivity index (χ1n) is 10.6. The molecule has 0 saturated heterocycles. The molecule has 1 aromatic heterocycles. The first-order valence-corrected chi connectivity index (χ1v) is 11.4. The van der Waals surface area contributed by atoms with Crippen molar-refractivity contribution in [2.24, 2.45) is 0 Å². The monoisotopic (exact) mass is 474 g/mol. The van der Waals surface area contributed by atoms with E-state index in [4.69, 9.17) is 27.9 Å².